The monoisotopic (exact) mass is 480 g/mol. The van der Waals surface area contributed by atoms with Crippen molar-refractivity contribution in [1.29, 1.82) is 0 Å². The van der Waals surface area contributed by atoms with E-state index in [1.54, 1.807) is 48.5 Å². The molecule has 3 aromatic carbocycles. The molecular formula is C27H20N4O3S. The van der Waals surface area contributed by atoms with E-state index in [-0.39, 0.29) is 11.5 Å². The maximum atomic E-state index is 13.3. The van der Waals surface area contributed by atoms with Gasteiger partial charge >= 0.3 is 0 Å². The minimum absolute atomic E-state index is 0.242. The van der Waals surface area contributed by atoms with Crippen molar-refractivity contribution < 1.29 is 9.59 Å². The quantitative estimate of drug-likeness (QED) is 0.367. The summed E-state index contributed by atoms with van der Waals surface area (Å²) in [6.07, 6.45) is 1.32. The van der Waals surface area contributed by atoms with Crippen LogP contribution in [0.1, 0.15) is 25.6 Å². The van der Waals surface area contributed by atoms with E-state index in [0.717, 1.165) is 20.7 Å². The van der Waals surface area contributed by atoms with Crippen molar-refractivity contribution in [2.75, 3.05) is 10.7 Å². The second kappa shape index (κ2) is 9.36. The van der Waals surface area contributed by atoms with Crippen LogP contribution >= 0.6 is 11.3 Å². The molecule has 0 saturated carbocycles. The van der Waals surface area contributed by atoms with Crippen molar-refractivity contribution >= 4 is 39.1 Å². The summed E-state index contributed by atoms with van der Waals surface area (Å²) < 4.78 is 1.11. The summed E-state index contributed by atoms with van der Waals surface area (Å²) in [6.45, 7) is 1.95. The molecule has 2 aromatic heterocycles. The fourth-order valence-corrected chi connectivity index (χ4v) is 4.81. The van der Waals surface area contributed by atoms with Gasteiger partial charge in [0.2, 0.25) is 0 Å². The lowest BCUT2D eigenvalue weighted by Crippen LogP contribution is -2.33. The Morgan fingerprint density at radius 1 is 0.829 bits per heavy atom. The van der Waals surface area contributed by atoms with E-state index >= 15 is 0 Å². The Balaban J connectivity index is 1.37. The number of carbonyl (C=O) groups is 2. The van der Waals surface area contributed by atoms with E-state index < -0.39 is 5.91 Å². The normalized spacial score (nSPS) is 10.8. The molecule has 2 heterocycles. The van der Waals surface area contributed by atoms with Crippen LogP contribution in [0.15, 0.2) is 96.1 Å². The summed E-state index contributed by atoms with van der Waals surface area (Å²) in [5.41, 5.74) is 5.43. The Kier molecular flexibility index (Phi) is 5.95. The van der Waals surface area contributed by atoms with Gasteiger partial charge < -0.3 is 5.32 Å². The highest BCUT2D eigenvalue weighted by molar-refractivity contribution is 7.19. The van der Waals surface area contributed by atoms with Gasteiger partial charge in [0.05, 0.1) is 5.39 Å². The van der Waals surface area contributed by atoms with Crippen LogP contribution in [0.2, 0.25) is 0 Å². The molecule has 35 heavy (non-hydrogen) atoms. The van der Waals surface area contributed by atoms with Crippen molar-refractivity contribution in [2.45, 2.75) is 6.92 Å². The number of carbonyl (C=O) groups excluding carboxylic acids is 2. The molecular weight excluding hydrogens is 460 g/mol. The largest absolute Gasteiger partial charge is 0.322 e. The summed E-state index contributed by atoms with van der Waals surface area (Å²) in [5.74, 6) is -0.712. The van der Waals surface area contributed by atoms with Gasteiger partial charge in [0.1, 0.15) is 11.2 Å². The Bertz CT molecular complexity index is 1590. The van der Waals surface area contributed by atoms with Crippen LogP contribution in [0.5, 0.6) is 0 Å². The Labute approximate surface area is 204 Å². The van der Waals surface area contributed by atoms with Crippen molar-refractivity contribution in [1.82, 2.24) is 9.66 Å². The number of rotatable bonds is 5. The first kappa shape index (κ1) is 22.2. The minimum atomic E-state index is -0.470. The van der Waals surface area contributed by atoms with Gasteiger partial charge in [-0.25, -0.2) is 9.66 Å². The van der Waals surface area contributed by atoms with Crippen molar-refractivity contribution in [3.8, 4) is 11.1 Å². The number of thiophene rings is 1. The molecule has 5 aromatic rings. The van der Waals surface area contributed by atoms with Crippen LogP contribution in [0.3, 0.4) is 0 Å². The summed E-state index contributed by atoms with van der Waals surface area (Å²) in [4.78, 5) is 44.4. The van der Waals surface area contributed by atoms with Gasteiger partial charge in [0, 0.05) is 27.3 Å². The highest BCUT2D eigenvalue weighted by Crippen LogP contribution is 2.35. The van der Waals surface area contributed by atoms with Crippen LogP contribution in [0.25, 0.3) is 21.3 Å². The lowest BCUT2D eigenvalue weighted by atomic mass is 10.0. The Morgan fingerprint density at radius 2 is 1.46 bits per heavy atom. The lowest BCUT2D eigenvalue weighted by Gasteiger charge is -2.10. The number of anilines is 1. The Morgan fingerprint density at radius 3 is 2.14 bits per heavy atom. The number of aromatic nitrogens is 2. The van der Waals surface area contributed by atoms with Gasteiger partial charge in [-0.15, -0.1) is 11.3 Å². The van der Waals surface area contributed by atoms with Crippen molar-refractivity contribution in [3.05, 3.63) is 118 Å². The molecule has 0 atom stereocenters. The number of benzene rings is 3. The first-order chi connectivity index (χ1) is 17.0. The van der Waals surface area contributed by atoms with Crippen LogP contribution in [-0.4, -0.2) is 21.5 Å². The number of aryl methyl sites for hydroxylation is 1. The van der Waals surface area contributed by atoms with E-state index in [9.17, 15) is 14.4 Å². The first-order valence-electron chi connectivity index (χ1n) is 10.9. The van der Waals surface area contributed by atoms with Gasteiger partial charge in [0.15, 0.2) is 0 Å². The second-order valence-electron chi connectivity index (χ2n) is 7.84. The number of hydrogen-bond donors (Lipinski definition) is 2. The maximum Gasteiger partial charge on any atom is 0.281 e. The van der Waals surface area contributed by atoms with E-state index in [4.69, 9.17) is 0 Å². The number of hydrogen-bond acceptors (Lipinski definition) is 5. The number of amides is 2. The first-order valence-corrected chi connectivity index (χ1v) is 11.7. The van der Waals surface area contributed by atoms with Gasteiger partial charge in [-0.1, -0.05) is 48.5 Å². The highest BCUT2D eigenvalue weighted by atomic mass is 32.1. The van der Waals surface area contributed by atoms with Crippen LogP contribution in [0, 0.1) is 6.92 Å². The zero-order valence-electron chi connectivity index (χ0n) is 18.7. The molecule has 172 valence electrons. The summed E-state index contributed by atoms with van der Waals surface area (Å²) in [6, 6.07) is 24.9. The molecule has 0 fully saturated rings. The van der Waals surface area contributed by atoms with Crippen LogP contribution < -0.4 is 16.3 Å². The molecule has 8 heteroatoms. The third kappa shape index (κ3) is 4.47. The van der Waals surface area contributed by atoms with E-state index in [1.807, 2.05) is 43.3 Å². The standard InChI is InChI=1S/C27H20N4O3S/c1-17-22(18-8-4-2-5-9-18)23-26(35-17)28-16-31(27(23)34)30-25(33)20-12-14-21(15-13-20)29-24(32)19-10-6-3-7-11-19/h2-16H,1H3,(H,29,32)(H,30,33). The smallest absolute Gasteiger partial charge is 0.281 e. The molecule has 0 saturated heterocycles. The summed E-state index contributed by atoms with van der Waals surface area (Å²) in [5, 5.41) is 3.27. The van der Waals surface area contributed by atoms with Gasteiger partial charge in [-0.3, -0.25) is 19.8 Å². The molecule has 0 spiro atoms. The van der Waals surface area contributed by atoms with Gasteiger partial charge in [-0.2, -0.15) is 0 Å². The van der Waals surface area contributed by atoms with Gasteiger partial charge in [0.25, 0.3) is 17.4 Å². The average Bonchev–Trinajstić information content (AvgIpc) is 3.23. The maximum absolute atomic E-state index is 13.3. The number of nitrogens with zero attached hydrogens (tertiary/aromatic N) is 2. The molecule has 0 radical (unpaired) electrons. The van der Waals surface area contributed by atoms with Crippen LogP contribution in [0.4, 0.5) is 5.69 Å². The molecule has 0 aliphatic rings. The number of fused-ring (bicyclic) bond motifs is 1. The van der Waals surface area contributed by atoms with E-state index in [1.165, 1.54) is 17.7 Å². The zero-order valence-corrected chi connectivity index (χ0v) is 19.5. The van der Waals surface area contributed by atoms with E-state index in [0.29, 0.717) is 27.0 Å². The molecule has 0 aliphatic heterocycles. The molecule has 2 N–H and O–H groups in total. The molecule has 7 nitrogen and oxygen atoms in total. The minimum Gasteiger partial charge on any atom is -0.322 e. The number of nitrogens with one attached hydrogen (secondary N) is 2. The van der Waals surface area contributed by atoms with E-state index in [2.05, 4.69) is 15.7 Å². The molecule has 2 amide bonds. The fourth-order valence-electron chi connectivity index (χ4n) is 3.81. The SMILES string of the molecule is Cc1sc2ncn(NC(=O)c3ccc(NC(=O)c4ccccc4)cc3)c(=O)c2c1-c1ccccc1. The highest BCUT2D eigenvalue weighted by Gasteiger charge is 2.18. The average molecular weight is 481 g/mol. The van der Waals surface area contributed by atoms with Crippen LogP contribution in [-0.2, 0) is 0 Å². The zero-order chi connectivity index (χ0) is 24.4. The fraction of sp³-hybridized carbons (Fsp3) is 0.0370. The van der Waals surface area contributed by atoms with Gasteiger partial charge in [-0.05, 0) is 48.9 Å². The predicted octanol–water partition coefficient (Wildman–Crippen LogP) is 5.07. The molecule has 0 unspecified atom stereocenters. The third-order valence-corrected chi connectivity index (χ3v) is 6.53. The topological polar surface area (TPSA) is 93.1 Å². The molecule has 5 rings (SSSR count). The Hall–Kier alpha value is -4.56. The summed E-state index contributed by atoms with van der Waals surface area (Å²) in [7, 11) is 0. The molecule has 0 aliphatic carbocycles. The predicted molar refractivity (Wildman–Crippen MR) is 139 cm³/mol. The second-order valence-corrected chi connectivity index (χ2v) is 9.04. The molecule has 0 bridgehead atoms. The van der Waals surface area contributed by atoms with Crippen molar-refractivity contribution in [3.63, 3.8) is 0 Å². The third-order valence-electron chi connectivity index (χ3n) is 5.51. The van der Waals surface area contributed by atoms with Crippen molar-refractivity contribution in [2.24, 2.45) is 0 Å². The summed E-state index contributed by atoms with van der Waals surface area (Å²) >= 11 is 1.44. The lowest BCUT2D eigenvalue weighted by molar-refractivity contribution is 0.100.